The molecule has 3 N–H and O–H groups in total. The molecule has 0 amide bonds. The Balaban J connectivity index is 2.03. The molecular weight excluding hydrogens is 88.1 g/mol. The van der Waals surface area contributed by atoms with Crippen LogP contribution in [0.1, 0.15) is 19.3 Å². The fourth-order valence-electron chi connectivity index (χ4n) is 1.66. The predicted octanol–water partition coefficient (Wildman–Crippen LogP) is 0.00220. The van der Waals surface area contributed by atoms with Gasteiger partial charge in [-0.15, -0.1) is 0 Å². The van der Waals surface area contributed by atoms with E-state index >= 15 is 0 Å². The summed E-state index contributed by atoms with van der Waals surface area (Å²) >= 11 is 0. The van der Waals surface area contributed by atoms with Gasteiger partial charge in [0, 0.05) is 5.54 Å². The van der Waals surface area contributed by atoms with Gasteiger partial charge in [0.05, 0.1) is 0 Å². The van der Waals surface area contributed by atoms with E-state index in [-0.39, 0.29) is 0 Å². The third-order valence-corrected chi connectivity index (χ3v) is 2.34. The van der Waals surface area contributed by atoms with Gasteiger partial charge in [0.1, 0.15) is 0 Å². The molecule has 0 saturated heterocycles. The van der Waals surface area contributed by atoms with Crippen LogP contribution in [-0.4, -0.2) is 5.54 Å². The van der Waals surface area contributed by atoms with Crippen molar-refractivity contribution in [2.75, 3.05) is 0 Å². The molecule has 0 heterocycles. The first kappa shape index (κ1) is 3.87. The van der Waals surface area contributed by atoms with Gasteiger partial charge in [-0.25, -0.2) is 0 Å². The van der Waals surface area contributed by atoms with E-state index in [0.29, 0.717) is 5.54 Å². The average molecular weight is 98.1 g/mol. The van der Waals surface area contributed by atoms with Crippen molar-refractivity contribution >= 4 is 0 Å². The van der Waals surface area contributed by atoms with Crippen molar-refractivity contribution in [2.45, 2.75) is 24.8 Å². The lowest BCUT2D eigenvalue weighted by Crippen LogP contribution is -2.68. The van der Waals surface area contributed by atoms with Crippen molar-refractivity contribution in [2.24, 2.45) is 11.8 Å². The summed E-state index contributed by atoms with van der Waals surface area (Å²) in [7, 11) is 0. The van der Waals surface area contributed by atoms with Gasteiger partial charge in [-0.1, -0.05) is 0 Å². The fourth-order valence-corrected chi connectivity index (χ4v) is 1.66. The highest BCUT2D eigenvalue weighted by molar-refractivity contribution is 5.12. The predicted molar refractivity (Wildman–Crippen MR) is 27.4 cm³/mol. The summed E-state index contributed by atoms with van der Waals surface area (Å²) < 4.78 is 0. The van der Waals surface area contributed by atoms with Crippen LogP contribution < -0.4 is 11.3 Å². The lowest BCUT2D eigenvalue weighted by Gasteiger charge is -2.61. The fraction of sp³-hybridized carbons (Fsp3) is 1.00. The van der Waals surface area contributed by atoms with Gasteiger partial charge < -0.3 is 0 Å². The van der Waals surface area contributed by atoms with Gasteiger partial charge in [-0.05, 0) is 25.2 Å². The number of nitrogens with one attached hydrogen (secondary N) is 1. The van der Waals surface area contributed by atoms with Crippen LogP contribution >= 0.6 is 0 Å². The van der Waals surface area contributed by atoms with Gasteiger partial charge in [0.25, 0.3) is 0 Å². The lowest BCUT2D eigenvalue weighted by atomic mass is 9.50. The molecule has 0 unspecified atom stereocenters. The zero-order chi connectivity index (χ0) is 4.91. The van der Waals surface area contributed by atoms with E-state index in [1.54, 1.807) is 0 Å². The van der Waals surface area contributed by atoms with Crippen LogP contribution in [0.5, 0.6) is 0 Å². The number of hydrazine groups is 1. The van der Waals surface area contributed by atoms with Crippen molar-refractivity contribution in [3.63, 3.8) is 0 Å². The normalized spacial score (nSPS) is 55.3. The molecule has 0 spiro atoms. The SMILES string of the molecule is NNC12CC(C1)C2. The molecule has 3 rings (SSSR count). The van der Waals surface area contributed by atoms with Crippen LogP contribution in [0.4, 0.5) is 0 Å². The molecule has 3 saturated carbocycles. The minimum atomic E-state index is 0.435. The van der Waals surface area contributed by atoms with Crippen molar-refractivity contribution in [3.05, 3.63) is 0 Å². The summed E-state index contributed by atoms with van der Waals surface area (Å²) in [5, 5.41) is 0. The summed E-state index contributed by atoms with van der Waals surface area (Å²) in [6.45, 7) is 0. The van der Waals surface area contributed by atoms with Crippen LogP contribution in [0.2, 0.25) is 0 Å². The maximum absolute atomic E-state index is 5.26. The molecule has 0 aliphatic heterocycles. The van der Waals surface area contributed by atoms with E-state index in [1.165, 1.54) is 19.3 Å². The summed E-state index contributed by atoms with van der Waals surface area (Å²) in [6, 6.07) is 0. The van der Waals surface area contributed by atoms with Crippen molar-refractivity contribution in [3.8, 4) is 0 Å². The van der Waals surface area contributed by atoms with Gasteiger partial charge in [-0.2, -0.15) is 0 Å². The zero-order valence-corrected chi connectivity index (χ0v) is 4.28. The highest BCUT2D eigenvalue weighted by atomic mass is 15.3. The molecule has 7 heavy (non-hydrogen) atoms. The average Bonchev–Trinajstić information content (AvgIpc) is 1.25. The molecule has 3 fully saturated rings. The van der Waals surface area contributed by atoms with Crippen LogP contribution in [-0.2, 0) is 0 Å². The molecule has 0 aromatic carbocycles. The van der Waals surface area contributed by atoms with E-state index in [1.807, 2.05) is 0 Å². The number of nitrogens with two attached hydrogens (primary N) is 1. The van der Waals surface area contributed by atoms with Crippen LogP contribution in [0, 0.1) is 5.92 Å². The van der Waals surface area contributed by atoms with Crippen LogP contribution in [0.25, 0.3) is 0 Å². The summed E-state index contributed by atoms with van der Waals surface area (Å²) in [5.41, 5.74) is 3.28. The maximum Gasteiger partial charge on any atom is 0.0329 e. The van der Waals surface area contributed by atoms with Crippen molar-refractivity contribution in [1.82, 2.24) is 5.43 Å². The highest BCUT2D eigenvalue weighted by Gasteiger charge is 2.55. The van der Waals surface area contributed by atoms with Gasteiger partial charge in [0.2, 0.25) is 0 Å². The maximum atomic E-state index is 5.26. The molecule has 40 valence electrons. The van der Waals surface area contributed by atoms with E-state index < -0.39 is 0 Å². The second-order valence-electron chi connectivity index (χ2n) is 2.90. The van der Waals surface area contributed by atoms with Crippen LogP contribution in [0.15, 0.2) is 0 Å². The Hall–Kier alpha value is -0.0800. The molecule has 2 heteroatoms. The summed E-state index contributed by atoms with van der Waals surface area (Å²) in [5.74, 6) is 6.29. The van der Waals surface area contributed by atoms with Crippen LogP contribution in [0.3, 0.4) is 0 Å². The third kappa shape index (κ3) is 0.283. The Kier molecular flexibility index (Phi) is 0.474. The topological polar surface area (TPSA) is 38.0 Å². The first-order chi connectivity index (χ1) is 3.35. The minimum Gasteiger partial charge on any atom is -0.271 e. The van der Waals surface area contributed by atoms with E-state index in [9.17, 15) is 0 Å². The Bertz CT molecular complexity index is 77.2. The Morgan fingerprint density at radius 2 is 2.00 bits per heavy atom. The smallest absolute Gasteiger partial charge is 0.0329 e. The lowest BCUT2D eigenvalue weighted by molar-refractivity contribution is -0.0505. The molecule has 0 aromatic rings. The van der Waals surface area contributed by atoms with Crippen molar-refractivity contribution in [1.29, 1.82) is 0 Å². The molecule has 3 aliphatic carbocycles. The minimum absolute atomic E-state index is 0.435. The number of hydrogen-bond acceptors (Lipinski definition) is 2. The van der Waals surface area contributed by atoms with E-state index in [4.69, 9.17) is 5.84 Å². The van der Waals surface area contributed by atoms with Gasteiger partial charge in [-0.3, -0.25) is 11.3 Å². The molecule has 2 nitrogen and oxygen atoms in total. The first-order valence-corrected chi connectivity index (χ1v) is 2.82. The third-order valence-electron chi connectivity index (χ3n) is 2.34. The monoisotopic (exact) mass is 98.1 g/mol. The Labute approximate surface area is 43.0 Å². The second-order valence-corrected chi connectivity index (χ2v) is 2.90. The molecule has 3 aliphatic rings. The van der Waals surface area contributed by atoms with Gasteiger partial charge in [0.15, 0.2) is 0 Å². The number of hydrogen-bond donors (Lipinski definition) is 2. The zero-order valence-electron chi connectivity index (χ0n) is 4.28. The molecule has 0 atom stereocenters. The number of rotatable bonds is 1. The van der Waals surface area contributed by atoms with Gasteiger partial charge >= 0.3 is 0 Å². The molecule has 2 bridgehead atoms. The Morgan fingerprint density at radius 3 is 2.00 bits per heavy atom. The largest absolute Gasteiger partial charge is 0.271 e. The molecular formula is C5H10N2. The Morgan fingerprint density at radius 1 is 1.43 bits per heavy atom. The standard InChI is InChI=1S/C5H10N2/c6-7-5-1-4(2-5)3-5/h4,7H,1-3,6H2. The van der Waals surface area contributed by atoms with E-state index in [0.717, 1.165) is 5.92 Å². The molecule has 0 aromatic heterocycles. The first-order valence-electron chi connectivity index (χ1n) is 2.82. The highest BCUT2D eigenvalue weighted by Crippen LogP contribution is 2.56. The van der Waals surface area contributed by atoms with E-state index in [2.05, 4.69) is 5.43 Å². The summed E-state index contributed by atoms with van der Waals surface area (Å²) in [4.78, 5) is 0. The van der Waals surface area contributed by atoms with Crippen molar-refractivity contribution < 1.29 is 0 Å². The quantitative estimate of drug-likeness (QED) is 0.358. The summed E-state index contributed by atoms with van der Waals surface area (Å²) in [6.07, 6.45) is 4.01. The second kappa shape index (κ2) is 0.858. The molecule has 0 radical (unpaired) electrons.